The summed E-state index contributed by atoms with van der Waals surface area (Å²) in [6.45, 7) is 6.30. The van der Waals surface area contributed by atoms with Gasteiger partial charge in [0.25, 0.3) is 0 Å². The molecule has 0 aliphatic heterocycles. The van der Waals surface area contributed by atoms with Crippen LogP contribution in [0.15, 0.2) is 48.7 Å². The molecule has 6 heteroatoms. The number of benzene rings is 1. The fourth-order valence-electron chi connectivity index (χ4n) is 2.96. The summed E-state index contributed by atoms with van der Waals surface area (Å²) in [5.74, 6) is 1.71. The minimum atomic E-state index is 0.0707. The summed E-state index contributed by atoms with van der Waals surface area (Å²) in [6, 6.07) is 14.5. The smallest absolute Gasteiger partial charge is 0.178 e. The van der Waals surface area contributed by atoms with Crippen LogP contribution in [0.5, 0.6) is 0 Å². The third-order valence-corrected chi connectivity index (χ3v) is 4.24. The predicted molar refractivity (Wildman–Crippen MR) is 98.8 cm³/mol. The van der Waals surface area contributed by atoms with Gasteiger partial charge in [0.2, 0.25) is 0 Å². The molecule has 0 bridgehead atoms. The Morgan fingerprint density at radius 1 is 1.00 bits per heavy atom. The zero-order valence-electron chi connectivity index (χ0n) is 14.5. The van der Waals surface area contributed by atoms with Crippen molar-refractivity contribution in [3.8, 4) is 0 Å². The second-order valence-corrected chi connectivity index (χ2v) is 6.52. The number of nitrogens with zero attached hydrogens (tertiary/aromatic N) is 5. The van der Waals surface area contributed by atoms with Crippen molar-refractivity contribution in [3.05, 3.63) is 60.0 Å². The van der Waals surface area contributed by atoms with Crippen molar-refractivity contribution in [3.63, 3.8) is 0 Å². The quantitative estimate of drug-likeness (QED) is 0.618. The molecule has 0 fully saturated rings. The van der Waals surface area contributed by atoms with E-state index >= 15 is 0 Å². The van der Waals surface area contributed by atoms with Crippen molar-refractivity contribution in [2.45, 2.75) is 32.7 Å². The van der Waals surface area contributed by atoms with E-state index in [9.17, 15) is 0 Å². The van der Waals surface area contributed by atoms with Gasteiger partial charge in [-0.25, -0.2) is 0 Å². The summed E-state index contributed by atoms with van der Waals surface area (Å²) < 4.78 is 1.82. The summed E-state index contributed by atoms with van der Waals surface area (Å²) in [7, 11) is 0. The van der Waals surface area contributed by atoms with Gasteiger partial charge in [-0.1, -0.05) is 19.1 Å². The molecule has 1 unspecified atom stereocenters. The first-order valence-electron chi connectivity index (χ1n) is 8.45. The molecule has 0 saturated carbocycles. The highest BCUT2D eigenvalue weighted by molar-refractivity contribution is 5.79. The van der Waals surface area contributed by atoms with Crippen LogP contribution in [0.2, 0.25) is 0 Å². The first-order chi connectivity index (χ1) is 12.1. The van der Waals surface area contributed by atoms with Gasteiger partial charge in [0.1, 0.15) is 5.82 Å². The summed E-state index contributed by atoms with van der Waals surface area (Å²) >= 11 is 0. The van der Waals surface area contributed by atoms with Crippen molar-refractivity contribution < 1.29 is 0 Å². The minimum Gasteiger partial charge on any atom is -0.366 e. The third-order valence-electron chi connectivity index (χ3n) is 4.24. The second-order valence-electron chi connectivity index (χ2n) is 6.52. The van der Waals surface area contributed by atoms with Crippen LogP contribution in [0.3, 0.4) is 0 Å². The SMILES string of the molecule is CC(C)Nc1ccc2nnc(C(C)c3ccc4ncccc4c3)n2n1. The standard InChI is InChI=1S/C19H20N6/c1-12(2)21-17-8-9-18-22-23-19(25(18)24-17)13(3)14-6-7-16-15(11-14)5-4-10-20-16/h4-13H,1-3H3,(H,21,24). The van der Waals surface area contributed by atoms with Crippen LogP contribution < -0.4 is 5.32 Å². The molecule has 3 heterocycles. The summed E-state index contributed by atoms with van der Waals surface area (Å²) in [6.07, 6.45) is 1.81. The van der Waals surface area contributed by atoms with E-state index in [2.05, 4.69) is 64.6 Å². The van der Waals surface area contributed by atoms with Crippen LogP contribution in [-0.2, 0) is 0 Å². The third kappa shape index (κ3) is 2.91. The van der Waals surface area contributed by atoms with Gasteiger partial charge in [0, 0.05) is 23.5 Å². The van der Waals surface area contributed by atoms with Gasteiger partial charge < -0.3 is 5.32 Å². The first-order valence-corrected chi connectivity index (χ1v) is 8.45. The molecule has 25 heavy (non-hydrogen) atoms. The molecule has 0 aliphatic carbocycles. The molecule has 1 N–H and O–H groups in total. The number of pyridine rings is 1. The van der Waals surface area contributed by atoms with Gasteiger partial charge in [0.15, 0.2) is 11.5 Å². The second kappa shape index (κ2) is 6.12. The van der Waals surface area contributed by atoms with Gasteiger partial charge in [0.05, 0.1) is 5.52 Å². The average molecular weight is 332 g/mol. The number of rotatable bonds is 4. The van der Waals surface area contributed by atoms with E-state index in [0.29, 0.717) is 6.04 Å². The zero-order valence-corrected chi connectivity index (χ0v) is 14.5. The Morgan fingerprint density at radius 3 is 2.72 bits per heavy atom. The molecule has 0 radical (unpaired) electrons. The van der Waals surface area contributed by atoms with Crippen molar-refractivity contribution in [2.75, 3.05) is 5.32 Å². The van der Waals surface area contributed by atoms with Crippen molar-refractivity contribution in [1.82, 2.24) is 24.8 Å². The van der Waals surface area contributed by atoms with Gasteiger partial charge >= 0.3 is 0 Å². The van der Waals surface area contributed by atoms with E-state index in [1.807, 2.05) is 35.0 Å². The molecular weight excluding hydrogens is 312 g/mol. The highest BCUT2D eigenvalue weighted by Gasteiger charge is 2.17. The average Bonchev–Trinajstić information content (AvgIpc) is 3.03. The van der Waals surface area contributed by atoms with Gasteiger partial charge in [-0.2, -0.15) is 4.52 Å². The lowest BCUT2D eigenvalue weighted by Crippen LogP contribution is -2.13. The van der Waals surface area contributed by atoms with Crippen molar-refractivity contribution in [1.29, 1.82) is 0 Å². The summed E-state index contributed by atoms with van der Waals surface area (Å²) in [5, 5.41) is 17.7. The maximum Gasteiger partial charge on any atom is 0.178 e. The van der Waals surface area contributed by atoms with Gasteiger partial charge in [-0.05, 0) is 49.7 Å². The highest BCUT2D eigenvalue weighted by Crippen LogP contribution is 2.25. The van der Waals surface area contributed by atoms with Crippen molar-refractivity contribution in [2.24, 2.45) is 0 Å². The summed E-state index contributed by atoms with van der Waals surface area (Å²) in [5.41, 5.74) is 2.91. The maximum absolute atomic E-state index is 4.65. The zero-order chi connectivity index (χ0) is 17.4. The van der Waals surface area contributed by atoms with Crippen LogP contribution in [0.25, 0.3) is 16.6 Å². The van der Waals surface area contributed by atoms with Crippen LogP contribution in [0.4, 0.5) is 5.82 Å². The van der Waals surface area contributed by atoms with Crippen LogP contribution in [0, 0.1) is 0 Å². The van der Waals surface area contributed by atoms with Crippen molar-refractivity contribution >= 4 is 22.4 Å². The van der Waals surface area contributed by atoms with E-state index in [1.54, 1.807) is 0 Å². The maximum atomic E-state index is 4.65. The molecule has 1 aromatic carbocycles. The fraction of sp³-hybridized carbons (Fsp3) is 0.263. The van der Waals surface area contributed by atoms with Crippen LogP contribution in [0.1, 0.15) is 38.1 Å². The molecule has 1 atom stereocenters. The molecule has 0 saturated heterocycles. The first kappa shape index (κ1) is 15.5. The number of fused-ring (bicyclic) bond motifs is 2. The molecule has 126 valence electrons. The largest absolute Gasteiger partial charge is 0.366 e. The number of hydrogen-bond donors (Lipinski definition) is 1. The Bertz CT molecular complexity index is 1040. The lowest BCUT2D eigenvalue weighted by atomic mass is 9.98. The number of anilines is 1. The molecule has 0 spiro atoms. The van der Waals surface area contributed by atoms with Crippen LogP contribution in [-0.4, -0.2) is 30.8 Å². The van der Waals surface area contributed by atoms with E-state index in [-0.39, 0.29) is 5.92 Å². The Labute approximate surface area is 145 Å². The van der Waals surface area contributed by atoms with E-state index in [0.717, 1.165) is 28.2 Å². The molecule has 0 aliphatic rings. The topological polar surface area (TPSA) is 68.0 Å². The minimum absolute atomic E-state index is 0.0707. The Kier molecular flexibility index (Phi) is 3.80. The molecule has 6 nitrogen and oxygen atoms in total. The fourth-order valence-corrected chi connectivity index (χ4v) is 2.96. The molecule has 0 amide bonds. The lowest BCUT2D eigenvalue weighted by Gasteiger charge is -2.12. The predicted octanol–water partition coefficient (Wildman–Crippen LogP) is 3.64. The molecule has 4 rings (SSSR count). The highest BCUT2D eigenvalue weighted by atomic mass is 15.4. The summed E-state index contributed by atoms with van der Waals surface area (Å²) in [4.78, 5) is 4.38. The Hall–Kier alpha value is -3.02. The van der Waals surface area contributed by atoms with Gasteiger partial charge in [-0.3, -0.25) is 4.98 Å². The molecule has 4 aromatic rings. The Balaban J connectivity index is 1.76. The van der Waals surface area contributed by atoms with E-state index in [4.69, 9.17) is 0 Å². The monoisotopic (exact) mass is 332 g/mol. The molecule has 3 aromatic heterocycles. The number of aromatic nitrogens is 5. The normalized spacial score (nSPS) is 12.8. The number of hydrogen-bond acceptors (Lipinski definition) is 5. The molecular formula is C19H20N6. The Morgan fingerprint density at radius 2 is 1.88 bits per heavy atom. The van der Waals surface area contributed by atoms with Crippen LogP contribution >= 0.6 is 0 Å². The van der Waals surface area contributed by atoms with E-state index in [1.165, 1.54) is 5.56 Å². The number of nitrogens with one attached hydrogen (secondary N) is 1. The lowest BCUT2D eigenvalue weighted by molar-refractivity contribution is 0.747. The van der Waals surface area contributed by atoms with Gasteiger partial charge in [-0.15, -0.1) is 15.3 Å². The van der Waals surface area contributed by atoms with E-state index < -0.39 is 0 Å².